The van der Waals surface area contributed by atoms with Gasteiger partial charge in [-0.05, 0) is 37.3 Å². The molecule has 24 heavy (non-hydrogen) atoms. The average Bonchev–Trinajstić information content (AvgIpc) is 3.13. The van der Waals surface area contributed by atoms with Gasteiger partial charge in [0.05, 0.1) is 11.8 Å². The maximum atomic E-state index is 5.94. The number of anilines is 1. The van der Waals surface area contributed by atoms with Crippen LogP contribution in [0.15, 0.2) is 71.0 Å². The minimum Gasteiger partial charge on any atom is -0.439 e. The topological polar surface area (TPSA) is 29.5 Å². The maximum absolute atomic E-state index is 5.94. The zero-order valence-electron chi connectivity index (χ0n) is 13.8. The van der Waals surface area contributed by atoms with Crippen molar-refractivity contribution in [1.82, 2.24) is 0 Å². The molecule has 1 aromatic heterocycles. The predicted octanol–water partition coefficient (Wildman–Crippen LogP) is 4.03. The van der Waals surface area contributed by atoms with Gasteiger partial charge in [0.2, 0.25) is 11.5 Å². The van der Waals surface area contributed by atoms with Crippen LogP contribution in [0.3, 0.4) is 0 Å². The molecule has 120 valence electrons. The Morgan fingerprint density at radius 1 is 1.08 bits per heavy atom. The van der Waals surface area contributed by atoms with Gasteiger partial charge in [-0.1, -0.05) is 24.3 Å². The summed E-state index contributed by atoms with van der Waals surface area (Å²) in [6.07, 6.45) is 5.88. The summed E-state index contributed by atoms with van der Waals surface area (Å²) in [4.78, 5) is 2.15. The third-order valence-corrected chi connectivity index (χ3v) is 4.20. The van der Waals surface area contributed by atoms with Crippen LogP contribution in [0.5, 0.6) is 5.75 Å². The van der Waals surface area contributed by atoms with Crippen molar-refractivity contribution < 1.29 is 13.7 Å². The predicted molar refractivity (Wildman–Crippen MR) is 94.6 cm³/mol. The molecule has 0 bridgehead atoms. The summed E-state index contributed by atoms with van der Waals surface area (Å²) >= 11 is 0. The van der Waals surface area contributed by atoms with Gasteiger partial charge < -0.3 is 14.1 Å². The van der Waals surface area contributed by atoms with Crippen molar-refractivity contribution in [2.75, 3.05) is 11.4 Å². The van der Waals surface area contributed by atoms with Crippen LogP contribution in [0.2, 0.25) is 0 Å². The highest BCUT2D eigenvalue weighted by atomic mass is 16.5. The van der Waals surface area contributed by atoms with Crippen LogP contribution in [-0.4, -0.2) is 6.54 Å². The monoisotopic (exact) mass is 319 g/mol. The van der Waals surface area contributed by atoms with Gasteiger partial charge in [-0.25, -0.2) is 0 Å². The van der Waals surface area contributed by atoms with E-state index in [4.69, 9.17) is 9.15 Å². The Labute approximate surface area is 140 Å². The number of oxazole rings is 1. The summed E-state index contributed by atoms with van der Waals surface area (Å²) < 4.78 is 13.8. The number of aromatic nitrogens is 1. The highest BCUT2D eigenvalue weighted by Gasteiger charge is 2.23. The minimum absolute atomic E-state index is 0.798. The number of hydrogen-bond donors (Lipinski definition) is 0. The zero-order valence-corrected chi connectivity index (χ0v) is 13.8. The van der Waals surface area contributed by atoms with E-state index in [1.807, 2.05) is 72.3 Å². The lowest BCUT2D eigenvalue weighted by Crippen LogP contribution is -2.29. The van der Waals surface area contributed by atoms with E-state index in [1.165, 1.54) is 0 Å². The highest BCUT2D eigenvalue weighted by Crippen LogP contribution is 2.38. The fourth-order valence-electron chi connectivity index (χ4n) is 2.98. The normalized spacial score (nSPS) is 15.4. The van der Waals surface area contributed by atoms with Crippen LogP contribution >= 0.6 is 0 Å². The Balaban J connectivity index is 1.62. The highest BCUT2D eigenvalue weighted by molar-refractivity contribution is 5.70. The van der Waals surface area contributed by atoms with Crippen LogP contribution in [0.25, 0.3) is 17.2 Å². The maximum Gasteiger partial charge on any atom is 0.373 e. The van der Waals surface area contributed by atoms with Crippen molar-refractivity contribution in [3.05, 3.63) is 72.5 Å². The first kappa shape index (κ1) is 14.6. The number of ether oxygens (including phenoxy) is 1. The second-order valence-electron chi connectivity index (χ2n) is 5.65. The van der Waals surface area contributed by atoms with Crippen LogP contribution in [0.4, 0.5) is 5.69 Å². The van der Waals surface area contributed by atoms with Crippen molar-refractivity contribution in [2.24, 2.45) is 7.05 Å². The zero-order chi connectivity index (χ0) is 16.5. The molecule has 0 fully saturated rings. The Hall–Kier alpha value is -3.01. The molecule has 1 aliphatic rings. The fraction of sp³-hybridized carbons (Fsp3) is 0.150. The summed E-state index contributed by atoms with van der Waals surface area (Å²) in [5.74, 6) is 2.52. The minimum atomic E-state index is 0.798. The van der Waals surface area contributed by atoms with Crippen molar-refractivity contribution in [3.8, 4) is 5.75 Å². The van der Waals surface area contributed by atoms with E-state index < -0.39 is 0 Å². The lowest BCUT2D eigenvalue weighted by atomic mass is 10.3. The molecule has 0 amide bonds. The SMILES string of the molecule is CCN1/C(=C/C=C/c2oc3ccccc3[n+]2C)Oc2ccccc21. The number of nitrogens with zero attached hydrogens (tertiary/aromatic N) is 2. The van der Waals surface area contributed by atoms with Gasteiger partial charge in [0.1, 0.15) is 7.05 Å². The number of aryl methyl sites for hydroxylation is 1. The Kier molecular flexibility index (Phi) is 3.58. The fourth-order valence-corrected chi connectivity index (χ4v) is 2.98. The Morgan fingerprint density at radius 3 is 2.71 bits per heavy atom. The summed E-state index contributed by atoms with van der Waals surface area (Å²) in [5.41, 5.74) is 3.06. The number of rotatable bonds is 3. The number of benzene rings is 2. The Bertz CT molecular complexity index is 953. The van der Waals surface area contributed by atoms with Crippen molar-refractivity contribution in [2.45, 2.75) is 6.92 Å². The van der Waals surface area contributed by atoms with Crippen molar-refractivity contribution >= 4 is 22.9 Å². The molecule has 0 spiro atoms. The largest absolute Gasteiger partial charge is 0.439 e. The molecule has 0 aliphatic carbocycles. The second-order valence-corrected chi connectivity index (χ2v) is 5.65. The van der Waals surface area contributed by atoms with Crippen LogP contribution in [0, 0.1) is 0 Å². The van der Waals surface area contributed by atoms with Gasteiger partial charge in [0.15, 0.2) is 5.75 Å². The molecular weight excluding hydrogens is 300 g/mol. The van der Waals surface area contributed by atoms with Gasteiger partial charge in [0, 0.05) is 12.6 Å². The van der Waals surface area contributed by atoms with Crippen molar-refractivity contribution in [1.29, 1.82) is 0 Å². The van der Waals surface area contributed by atoms with Crippen LogP contribution in [-0.2, 0) is 7.05 Å². The van der Waals surface area contributed by atoms with E-state index in [2.05, 4.69) is 17.9 Å². The smallest absolute Gasteiger partial charge is 0.373 e. The van der Waals surface area contributed by atoms with Crippen LogP contribution in [0.1, 0.15) is 12.8 Å². The van der Waals surface area contributed by atoms with E-state index in [1.54, 1.807) is 0 Å². The van der Waals surface area contributed by atoms with Crippen molar-refractivity contribution in [3.63, 3.8) is 0 Å². The third kappa shape index (κ3) is 2.36. The summed E-state index contributed by atoms with van der Waals surface area (Å²) in [7, 11) is 2.00. The van der Waals surface area contributed by atoms with E-state index >= 15 is 0 Å². The third-order valence-electron chi connectivity index (χ3n) is 4.20. The van der Waals surface area contributed by atoms with E-state index in [-0.39, 0.29) is 0 Å². The van der Waals surface area contributed by atoms with Gasteiger partial charge in [-0.2, -0.15) is 4.57 Å². The van der Waals surface area contributed by atoms with E-state index in [9.17, 15) is 0 Å². The molecule has 2 heterocycles. The lowest BCUT2D eigenvalue weighted by molar-refractivity contribution is -0.652. The molecule has 4 nitrogen and oxygen atoms in total. The first-order chi connectivity index (χ1) is 11.8. The second kappa shape index (κ2) is 5.89. The molecule has 1 aliphatic heterocycles. The lowest BCUT2D eigenvalue weighted by Gasteiger charge is -2.14. The van der Waals surface area contributed by atoms with Gasteiger partial charge in [-0.3, -0.25) is 0 Å². The Morgan fingerprint density at radius 2 is 1.88 bits per heavy atom. The first-order valence-corrected chi connectivity index (χ1v) is 8.08. The molecule has 4 rings (SSSR count). The summed E-state index contributed by atoms with van der Waals surface area (Å²) in [6.45, 7) is 2.97. The molecular formula is C20H19N2O2+. The summed E-state index contributed by atoms with van der Waals surface area (Å²) in [6, 6.07) is 16.1. The summed E-state index contributed by atoms with van der Waals surface area (Å²) in [5, 5.41) is 0. The standard InChI is InChI=1S/C20H19N2O2/c1-3-22-16-10-5-7-12-18(16)24-20(22)14-8-13-19-21(2)15-9-4-6-11-17(15)23-19/h4-14H,3H2,1-2H3/q+1. The number of fused-ring (bicyclic) bond motifs is 2. The van der Waals surface area contributed by atoms with Crippen LogP contribution < -0.4 is 14.2 Å². The molecule has 0 radical (unpaired) electrons. The number of hydrogen-bond acceptors (Lipinski definition) is 3. The van der Waals surface area contributed by atoms with E-state index in [0.717, 1.165) is 40.9 Å². The van der Waals surface area contributed by atoms with Gasteiger partial charge >= 0.3 is 5.89 Å². The number of para-hydroxylation sites is 4. The van der Waals surface area contributed by atoms with E-state index in [0.29, 0.717) is 0 Å². The molecule has 0 N–H and O–H groups in total. The molecule has 4 heteroatoms. The molecule has 0 saturated carbocycles. The molecule has 0 saturated heterocycles. The number of allylic oxidation sites excluding steroid dienone is 2. The first-order valence-electron chi connectivity index (χ1n) is 8.08. The molecule has 2 aromatic carbocycles. The average molecular weight is 319 g/mol. The van der Waals surface area contributed by atoms with Gasteiger partial charge in [-0.15, -0.1) is 0 Å². The molecule has 0 atom stereocenters. The van der Waals surface area contributed by atoms with Gasteiger partial charge in [0.25, 0.3) is 5.52 Å². The molecule has 3 aromatic rings. The quantitative estimate of drug-likeness (QED) is 0.683. The molecule has 0 unspecified atom stereocenters.